The lowest BCUT2D eigenvalue weighted by Crippen LogP contribution is -2.17. The molecule has 3 heterocycles. The maximum atomic E-state index is 11.7. The number of fused-ring (bicyclic) bond motifs is 1. The summed E-state index contributed by atoms with van der Waals surface area (Å²) in [6.07, 6.45) is 1.56. The van der Waals surface area contributed by atoms with E-state index in [-0.39, 0.29) is 34.6 Å². The summed E-state index contributed by atoms with van der Waals surface area (Å²) in [5.41, 5.74) is 6.95. The Labute approximate surface area is 153 Å². The molecule has 0 saturated carbocycles. The van der Waals surface area contributed by atoms with Crippen molar-refractivity contribution in [2.45, 2.75) is 20.8 Å². The number of nitrogens with one attached hydrogen (secondary N) is 3. The highest BCUT2D eigenvalue weighted by atomic mass is 16.3. The summed E-state index contributed by atoms with van der Waals surface area (Å²) in [6.45, 7) is 5.59. The Kier molecular flexibility index (Phi) is 4.59. The van der Waals surface area contributed by atoms with E-state index in [0.717, 1.165) is 0 Å². The molecule has 0 aliphatic heterocycles. The van der Waals surface area contributed by atoms with Gasteiger partial charge in [0.1, 0.15) is 5.70 Å². The summed E-state index contributed by atoms with van der Waals surface area (Å²) in [7, 11) is 0. The Morgan fingerprint density at radius 3 is 2.85 bits per heavy atom. The number of aliphatic hydroxyl groups excluding tert-OH is 1. The van der Waals surface area contributed by atoms with Gasteiger partial charge in [0.25, 0.3) is 5.91 Å². The lowest BCUT2D eigenvalue weighted by Gasteiger charge is -2.07. The average Bonchev–Trinajstić information content (AvgIpc) is 3.23. The van der Waals surface area contributed by atoms with Gasteiger partial charge in [-0.2, -0.15) is 19.9 Å². The van der Waals surface area contributed by atoms with E-state index in [0.29, 0.717) is 23.1 Å². The molecule has 0 fully saturated rings. The van der Waals surface area contributed by atoms with Crippen molar-refractivity contribution in [1.29, 1.82) is 5.41 Å². The molecule has 3 aromatic rings. The SMILES string of the molecule is CCN/C(=C(/O)C(C)=N)c1n[nH]c(-n2nc(C(N)=O)c3cc(C)ncc32)n1. The van der Waals surface area contributed by atoms with Crippen molar-refractivity contribution >= 4 is 28.2 Å². The number of primary amides is 1. The minimum absolute atomic E-state index is 0.0301. The number of hydrogen-bond acceptors (Lipinski definition) is 8. The minimum Gasteiger partial charge on any atom is -0.504 e. The van der Waals surface area contributed by atoms with Gasteiger partial charge in [0.05, 0.1) is 17.4 Å². The van der Waals surface area contributed by atoms with Gasteiger partial charge in [0, 0.05) is 17.6 Å². The monoisotopic (exact) mass is 369 g/mol. The molecule has 0 unspecified atom stereocenters. The Hall–Kier alpha value is -3.76. The van der Waals surface area contributed by atoms with Crippen molar-refractivity contribution in [2.24, 2.45) is 5.73 Å². The molecule has 0 saturated heterocycles. The quantitative estimate of drug-likeness (QED) is 0.316. The molecule has 0 aliphatic carbocycles. The summed E-state index contributed by atoms with van der Waals surface area (Å²) in [6, 6.07) is 1.71. The molecule has 11 nitrogen and oxygen atoms in total. The van der Waals surface area contributed by atoms with Crippen molar-refractivity contribution in [3.05, 3.63) is 35.2 Å². The second-order valence-electron chi connectivity index (χ2n) is 5.83. The van der Waals surface area contributed by atoms with Crippen LogP contribution in [0.15, 0.2) is 18.0 Å². The van der Waals surface area contributed by atoms with E-state index in [9.17, 15) is 9.90 Å². The molecule has 27 heavy (non-hydrogen) atoms. The van der Waals surface area contributed by atoms with Crippen molar-refractivity contribution in [3.8, 4) is 5.95 Å². The van der Waals surface area contributed by atoms with Crippen LogP contribution in [-0.2, 0) is 0 Å². The third-order valence-corrected chi connectivity index (χ3v) is 3.78. The summed E-state index contributed by atoms with van der Waals surface area (Å²) < 4.78 is 1.37. The predicted molar refractivity (Wildman–Crippen MR) is 98.7 cm³/mol. The molecular formula is C16H19N9O2. The summed E-state index contributed by atoms with van der Waals surface area (Å²) in [5.74, 6) is -0.573. The zero-order chi connectivity index (χ0) is 19.7. The Balaban J connectivity index is 2.16. The second-order valence-corrected chi connectivity index (χ2v) is 5.83. The Morgan fingerprint density at radius 2 is 2.22 bits per heavy atom. The standard InChI is InChI=1S/C16H19N9O2/c1-4-19-12(13(26)8(3)17)15-21-16(23-22-15)25-10-6-20-7(2)5-9(10)11(24-25)14(18)27/h5-6,17,19,26H,4H2,1-3H3,(H2,18,27)(H,21,22,23)/b13-12+,17-8?. The highest BCUT2D eigenvalue weighted by Crippen LogP contribution is 2.21. The first-order chi connectivity index (χ1) is 12.8. The molecule has 140 valence electrons. The maximum absolute atomic E-state index is 11.7. The summed E-state index contributed by atoms with van der Waals surface area (Å²) in [5, 5.41) is 32.3. The maximum Gasteiger partial charge on any atom is 0.269 e. The number of aliphatic hydroxyl groups is 1. The van der Waals surface area contributed by atoms with Crippen molar-refractivity contribution in [3.63, 3.8) is 0 Å². The predicted octanol–water partition coefficient (Wildman–Crippen LogP) is 0.822. The van der Waals surface area contributed by atoms with Gasteiger partial charge in [-0.25, -0.2) is 5.10 Å². The van der Waals surface area contributed by atoms with Crippen LogP contribution in [0.2, 0.25) is 0 Å². The molecule has 0 atom stereocenters. The highest BCUT2D eigenvalue weighted by Gasteiger charge is 2.20. The van der Waals surface area contributed by atoms with Crippen molar-refractivity contribution < 1.29 is 9.90 Å². The fourth-order valence-corrected chi connectivity index (χ4v) is 2.55. The largest absolute Gasteiger partial charge is 0.504 e. The van der Waals surface area contributed by atoms with Gasteiger partial charge >= 0.3 is 0 Å². The molecular weight excluding hydrogens is 350 g/mol. The van der Waals surface area contributed by atoms with Crippen LogP contribution in [0.4, 0.5) is 0 Å². The third-order valence-electron chi connectivity index (χ3n) is 3.78. The van der Waals surface area contributed by atoms with Crippen LogP contribution in [0.25, 0.3) is 22.5 Å². The van der Waals surface area contributed by atoms with E-state index in [1.807, 2.05) is 6.92 Å². The Bertz CT molecular complexity index is 1080. The van der Waals surface area contributed by atoms with Gasteiger partial charge in [0.15, 0.2) is 11.5 Å². The second kappa shape index (κ2) is 6.86. The normalized spacial score (nSPS) is 12.1. The molecule has 3 rings (SSSR count). The molecule has 0 radical (unpaired) electrons. The number of H-pyrrole nitrogens is 1. The number of pyridine rings is 1. The molecule has 11 heteroatoms. The molecule has 3 aromatic heterocycles. The van der Waals surface area contributed by atoms with E-state index in [4.69, 9.17) is 11.1 Å². The molecule has 0 spiro atoms. The number of aromatic nitrogens is 6. The number of aryl methyl sites for hydroxylation is 1. The van der Waals surface area contributed by atoms with Crippen LogP contribution in [0, 0.1) is 12.3 Å². The van der Waals surface area contributed by atoms with Crippen LogP contribution in [0.1, 0.15) is 35.9 Å². The van der Waals surface area contributed by atoms with Crippen molar-refractivity contribution in [2.75, 3.05) is 6.54 Å². The van der Waals surface area contributed by atoms with Crippen LogP contribution in [-0.4, -0.2) is 53.2 Å². The first-order valence-electron chi connectivity index (χ1n) is 8.14. The zero-order valence-corrected chi connectivity index (χ0v) is 15.0. The summed E-state index contributed by atoms with van der Waals surface area (Å²) in [4.78, 5) is 20.3. The fourth-order valence-electron chi connectivity index (χ4n) is 2.55. The first-order valence-corrected chi connectivity index (χ1v) is 8.14. The number of hydrogen-bond donors (Lipinski definition) is 5. The molecule has 0 aliphatic rings. The number of rotatable bonds is 6. The number of allylic oxidation sites excluding steroid dienone is 1. The van der Waals surface area contributed by atoms with E-state index in [1.54, 1.807) is 19.2 Å². The van der Waals surface area contributed by atoms with Crippen LogP contribution >= 0.6 is 0 Å². The number of carbonyl (C=O) groups excluding carboxylic acids is 1. The van der Waals surface area contributed by atoms with Gasteiger partial charge in [-0.3, -0.25) is 9.78 Å². The third kappa shape index (κ3) is 3.21. The smallest absolute Gasteiger partial charge is 0.269 e. The van der Waals surface area contributed by atoms with E-state index >= 15 is 0 Å². The summed E-state index contributed by atoms with van der Waals surface area (Å²) >= 11 is 0. The topological polar surface area (TPSA) is 171 Å². The molecule has 1 amide bonds. The van der Waals surface area contributed by atoms with Gasteiger partial charge < -0.3 is 21.6 Å². The zero-order valence-electron chi connectivity index (χ0n) is 15.0. The van der Waals surface area contributed by atoms with Crippen LogP contribution < -0.4 is 11.1 Å². The lowest BCUT2D eigenvalue weighted by atomic mass is 10.2. The van der Waals surface area contributed by atoms with E-state index in [2.05, 4.69) is 30.6 Å². The van der Waals surface area contributed by atoms with E-state index in [1.165, 1.54) is 11.6 Å². The van der Waals surface area contributed by atoms with Crippen molar-refractivity contribution in [1.82, 2.24) is 35.3 Å². The molecule has 0 bridgehead atoms. The van der Waals surface area contributed by atoms with E-state index < -0.39 is 5.91 Å². The number of carbonyl (C=O) groups is 1. The van der Waals surface area contributed by atoms with Gasteiger partial charge in [-0.05, 0) is 26.8 Å². The molecule has 6 N–H and O–H groups in total. The van der Waals surface area contributed by atoms with Crippen LogP contribution in [0.5, 0.6) is 0 Å². The number of aromatic amines is 1. The number of nitrogens with two attached hydrogens (primary N) is 1. The number of amides is 1. The number of nitrogens with zero attached hydrogens (tertiary/aromatic N) is 5. The Morgan fingerprint density at radius 1 is 1.48 bits per heavy atom. The van der Waals surface area contributed by atoms with Crippen LogP contribution in [0.3, 0.4) is 0 Å². The molecule has 0 aromatic carbocycles. The van der Waals surface area contributed by atoms with Gasteiger partial charge in [0.2, 0.25) is 11.8 Å². The fraction of sp³-hybridized carbons (Fsp3) is 0.250. The minimum atomic E-state index is -0.672. The van der Waals surface area contributed by atoms with Gasteiger partial charge in [-0.1, -0.05) is 0 Å². The lowest BCUT2D eigenvalue weighted by molar-refractivity contribution is 0.0996. The average molecular weight is 369 g/mol. The highest BCUT2D eigenvalue weighted by molar-refractivity contribution is 6.04. The van der Waals surface area contributed by atoms with Gasteiger partial charge in [-0.15, -0.1) is 0 Å². The first kappa shape index (κ1) is 18.0.